The molecule has 0 N–H and O–H groups in total. The van der Waals surface area contributed by atoms with Crippen LogP contribution in [0.1, 0.15) is 0 Å². The van der Waals surface area contributed by atoms with Gasteiger partial charge >= 0.3 is 0 Å². The van der Waals surface area contributed by atoms with Crippen molar-refractivity contribution >= 4 is 17.6 Å². The van der Waals surface area contributed by atoms with Crippen molar-refractivity contribution in [1.29, 1.82) is 0 Å². The van der Waals surface area contributed by atoms with E-state index in [4.69, 9.17) is 4.74 Å². The predicted octanol–water partition coefficient (Wildman–Crippen LogP) is 2.75. The van der Waals surface area contributed by atoms with Crippen LogP contribution in [0.5, 0.6) is 5.75 Å². The van der Waals surface area contributed by atoms with Crippen LogP contribution in [-0.4, -0.2) is 27.0 Å². The normalized spacial score (nSPS) is 10.1. The molecule has 0 saturated carbocycles. The van der Waals surface area contributed by atoms with Gasteiger partial charge in [0.2, 0.25) is 11.9 Å². The Morgan fingerprint density at radius 3 is 1.67 bits per heavy atom. The van der Waals surface area contributed by atoms with Crippen LogP contribution in [0.3, 0.4) is 0 Å². The number of nitrogens with zero attached hydrogens (tertiary/aromatic N) is 5. The van der Waals surface area contributed by atoms with E-state index in [1.807, 2.05) is 24.3 Å². The Hall–Kier alpha value is -3.02. The first kappa shape index (κ1) is 13.0. The van der Waals surface area contributed by atoms with E-state index in [0.717, 1.165) is 11.4 Å². The highest BCUT2D eigenvalue weighted by Crippen LogP contribution is 2.29. The maximum Gasteiger partial charge on any atom is 0.236 e. The van der Waals surface area contributed by atoms with E-state index in [-0.39, 0.29) is 0 Å². The molecule has 0 amide bonds. The second kappa shape index (κ2) is 5.96. The molecule has 0 aliphatic heterocycles. The Kier molecular flexibility index (Phi) is 3.68. The Morgan fingerprint density at radius 2 is 1.24 bits per heavy atom. The van der Waals surface area contributed by atoms with Crippen LogP contribution in [0.25, 0.3) is 0 Å². The van der Waals surface area contributed by atoms with Crippen molar-refractivity contribution in [3.63, 3.8) is 0 Å². The fourth-order valence-electron chi connectivity index (χ4n) is 1.87. The summed E-state index contributed by atoms with van der Waals surface area (Å²) in [6.45, 7) is 0. The molecular weight excluding hydrogens is 266 g/mol. The van der Waals surface area contributed by atoms with Gasteiger partial charge in [0.05, 0.1) is 12.8 Å². The number of ether oxygens (including phenoxy) is 1. The summed E-state index contributed by atoms with van der Waals surface area (Å²) in [4.78, 5) is 18.9. The van der Waals surface area contributed by atoms with Crippen molar-refractivity contribution in [2.24, 2.45) is 0 Å². The number of benzene rings is 1. The highest BCUT2D eigenvalue weighted by molar-refractivity contribution is 5.67. The van der Waals surface area contributed by atoms with Gasteiger partial charge in [-0.25, -0.2) is 24.8 Å². The number of hydrogen-bond donors (Lipinski definition) is 0. The summed E-state index contributed by atoms with van der Waals surface area (Å²) in [7, 11) is 1.63. The van der Waals surface area contributed by atoms with Crippen LogP contribution >= 0.6 is 0 Å². The number of anilines is 3. The van der Waals surface area contributed by atoms with E-state index < -0.39 is 0 Å². The van der Waals surface area contributed by atoms with Crippen molar-refractivity contribution in [3.8, 4) is 5.75 Å². The monoisotopic (exact) mass is 279 g/mol. The average molecular weight is 279 g/mol. The van der Waals surface area contributed by atoms with E-state index in [2.05, 4.69) is 19.9 Å². The Balaban J connectivity index is 2.07. The first-order valence-corrected chi connectivity index (χ1v) is 6.37. The standard InChI is InChI=1S/C15H13N5O/c1-21-13-6-4-12(5-7-13)20(14-16-8-2-9-17-14)15-18-10-3-11-19-15/h2-11H,1H3. The third-order valence-corrected chi connectivity index (χ3v) is 2.83. The second-order valence-electron chi connectivity index (χ2n) is 4.13. The number of aromatic nitrogens is 4. The van der Waals surface area contributed by atoms with E-state index in [1.54, 1.807) is 48.9 Å². The summed E-state index contributed by atoms with van der Waals surface area (Å²) >= 11 is 0. The lowest BCUT2D eigenvalue weighted by atomic mass is 10.3. The summed E-state index contributed by atoms with van der Waals surface area (Å²) in [6.07, 6.45) is 6.73. The molecule has 0 spiro atoms. The molecule has 104 valence electrons. The maximum atomic E-state index is 5.18. The Morgan fingerprint density at radius 1 is 0.762 bits per heavy atom. The van der Waals surface area contributed by atoms with Gasteiger partial charge in [-0.15, -0.1) is 0 Å². The van der Waals surface area contributed by atoms with Crippen LogP contribution in [-0.2, 0) is 0 Å². The van der Waals surface area contributed by atoms with Crippen molar-refractivity contribution in [2.45, 2.75) is 0 Å². The van der Waals surface area contributed by atoms with Gasteiger partial charge in [0.15, 0.2) is 0 Å². The first-order valence-electron chi connectivity index (χ1n) is 6.37. The van der Waals surface area contributed by atoms with E-state index >= 15 is 0 Å². The molecule has 0 radical (unpaired) electrons. The van der Waals surface area contributed by atoms with Gasteiger partial charge in [0.25, 0.3) is 0 Å². The zero-order valence-electron chi connectivity index (χ0n) is 11.4. The van der Waals surface area contributed by atoms with Gasteiger partial charge in [-0.05, 0) is 36.4 Å². The molecular formula is C15H13N5O. The van der Waals surface area contributed by atoms with Gasteiger partial charge in [0, 0.05) is 24.8 Å². The zero-order chi connectivity index (χ0) is 14.5. The SMILES string of the molecule is COc1ccc(N(c2ncccn2)c2ncccn2)cc1. The van der Waals surface area contributed by atoms with E-state index in [9.17, 15) is 0 Å². The molecule has 0 unspecified atom stereocenters. The smallest absolute Gasteiger partial charge is 0.236 e. The summed E-state index contributed by atoms with van der Waals surface area (Å²) in [5, 5.41) is 0. The molecule has 6 heteroatoms. The molecule has 0 fully saturated rings. The molecule has 1 aromatic carbocycles. The summed E-state index contributed by atoms with van der Waals surface area (Å²) < 4.78 is 5.18. The minimum absolute atomic E-state index is 0.508. The fourth-order valence-corrected chi connectivity index (χ4v) is 1.87. The zero-order valence-corrected chi connectivity index (χ0v) is 11.4. The van der Waals surface area contributed by atoms with Crippen LogP contribution in [0.2, 0.25) is 0 Å². The van der Waals surface area contributed by atoms with Crippen molar-refractivity contribution in [2.75, 3.05) is 12.0 Å². The fraction of sp³-hybridized carbons (Fsp3) is 0.0667. The predicted molar refractivity (Wildman–Crippen MR) is 78.9 cm³/mol. The Bertz CT molecular complexity index is 649. The van der Waals surface area contributed by atoms with Crippen LogP contribution < -0.4 is 9.64 Å². The van der Waals surface area contributed by atoms with Gasteiger partial charge in [-0.1, -0.05) is 0 Å². The van der Waals surface area contributed by atoms with Gasteiger partial charge in [-0.2, -0.15) is 0 Å². The third-order valence-electron chi connectivity index (χ3n) is 2.83. The van der Waals surface area contributed by atoms with Gasteiger partial charge < -0.3 is 4.74 Å². The summed E-state index contributed by atoms with van der Waals surface area (Å²) in [5.74, 6) is 1.80. The van der Waals surface area contributed by atoms with E-state index in [0.29, 0.717) is 11.9 Å². The van der Waals surface area contributed by atoms with Crippen molar-refractivity contribution in [3.05, 3.63) is 61.2 Å². The molecule has 0 bridgehead atoms. The number of hydrogen-bond acceptors (Lipinski definition) is 6. The lowest BCUT2D eigenvalue weighted by molar-refractivity contribution is 0.415. The maximum absolute atomic E-state index is 5.18. The third kappa shape index (κ3) is 2.79. The topological polar surface area (TPSA) is 64.0 Å². The first-order chi connectivity index (χ1) is 10.4. The lowest BCUT2D eigenvalue weighted by Gasteiger charge is -2.20. The molecule has 0 saturated heterocycles. The molecule has 0 aliphatic rings. The molecule has 2 aromatic heterocycles. The molecule has 21 heavy (non-hydrogen) atoms. The van der Waals surface area contributed by atoms with Crippen LogP contribution in [0.15, 0.2) is 61.2 Å². The molecule has 2 heterocycles. The largest absolute Gasteiger partial charge is 0.497 e. The highest BCUT2D eigenvalue weighted by Gasteiger charge is 2.16. The number of methoxy groups -OCH3 is 1. The number of rotatable bonds is 4. The van der Waals surface area contributed by atoms with Gasteiger partial charge in [0.1, 0.15) is 5.75 Å². The minimum atomic E-state index is 0.508. The molecule has 0 aliphatic carbocycles. The van der Waals surface area contributed by atoms with Crippen LogP contribution in [0.4, 0.5) is 17.6 Å². The second-order valence-corrected chi connectivity index (χ2v) is 4.13. The molecule has 6 nitrogen and oxygen atoms in total. The quantitative estimate of drug-likeness (QED) is 0.731. The molecule has 3 rings (SSSR count). The average Bonchev–Trinajstić information content (AvgIpc) is 2.58. The van der Waals surface area contributed by atoms with E-state index in [1.165, 1.54) is 0 Å². The van der Waals surface area contributed by atoms with Gasteiger partial charge in [-0.3, -0.25) is 0 Å². The lowest BCUT2D eigenvalue weighted by Crippen LogP contribution is -2.15. The summed E-state index contributed by atoms with van der Waals surface area (Å²) in [6, 6.07) is 11.1. The molecule has 0 atom stereocenters. The van der Waals surface area contributed by atoms with Crippen molar-refractivity contribution < 1.29 is 4.74 Å². The highest BCUT2D eigenvalue weighted by atomic mass is 16.5. The Labute approximate surface area is 122 Å². The summed E-state index contributed by atoms with van der Waals surface area (Å²) in [5.41, 5.74) is 0.855. The molecule has 3 aromatic rings. The minimum Gasteiger partial charge on any atom is -0.497 e. The van der Waals surface area contributed by atoms with Crippen LogP contribution in [0, 0.1) is 0 Å². The van der Waals surface area contributed by atoms with Crippen molar-refractivity contribution in [1.82, 2.24) is 19.9 Å².